The molecule has 0 unspecified atom stereocenters. The smallest absolute Gasteiger partial charge is 0.228 e. The highest BCUT2D eigenvalue weighted by molar-refractivity contribution is 7.80. The van der Waals surface area contributed by atoms with E-state index in [4.69, 9.17) is 22.7 Å². The minimum Gasteiger partial charge on any atom is -0.439 e. The minimum atomic E-state index is 0.0632. The molecule has 2 aromatic rings. The summed E-state index contributed by atoms with van der Waals surface area (Å²) in [5, 5.41) is 4.32. The maximum atomic E-state index is 5.99. The van der Waals surface area contributed by atoms with Crippen LogP contribution in [0.15, 0.2) is 24.3 Å². The van der Waals surface area contributed by atoms with Gasteiger partial charge in [0.25, 0.3) is 0 Å². The standard InChI is InChI=1S/C16H21N3OS/c1-10-13(14(17)21)15(19(5)18-10)20-12-8-6-7-11(9-12)16(2,3)4/h6-9H,1-5H3,(H2,17,21). The van der Waals surface area contributed by atoms with Gasteiger partial charge in [-0.2, -0.15) is 5.10 Å². The number of hydrogen-bond donors (Lipinski definition) is 1. The van der Waals surface area contributed by atoms with Gasteiger partial charge in [0.1, 0.15) is 10.7 Å². The van der Waals surface area contributed by atoms with E-state index < -0.39 is 0 Å². The third-order valence-corrected chi connectivity index (χ3v) is 3.53. The summed E-state index contributed by atoms with van der Waals surface area (Å²) in [4.78, 5) is 0.294. The molecular formula is C16H21N3OS. The number of rotatable bonds is 3. The first-order valence-corrected chi connectivity index (χ1v) is 7.23. The average Bonchev–Trinajstić information content (AvgIpc) is 2.63. The van der Waals surface area contributed by atoms with Gasteiger partial charge in [-0.05, 0) is 30.0 Å². The van der Waals surface area contributed by atoms with Crippen LogP contribution < -0.4 is 10.5 Å². The van der Waals surface area contributed by atoms with Gasteiger partial charge in [-0.15, -0.1) is 0 Å². The Balaban J connectivity index is 2.42. The number of benzene rings is 1. The summed E-state index contributed by atoms with van der Waals surface area (Å²) >= 11 is 5.10. The number of nitrogens with zero attached hydrogens (tertiary/aromatic N) is 2. The molecule has 5 heteroatoms. The molecule has 0 aliphatic heterocycles. The first-order valence-electron chi connectivity index (χ1n) is 6.82. The zero-order chi connectivity index (χ0) is 15.8. The fourth-order valence-corrected chi connectivity index (χ4v) is 2.41. The average molecular weight is 303 g/mol. The van der Waals surface area contributed by atoms with Gasteiger partial charge in [-0.3, -0.25) is 0 Å². The molecular weight excluding hydrogens is 282 g/mol. The lowest BCUT2D eigenvalue weighted by Gasteiger charge is -2.19. The van der Waals surface area contributed by atoms with Gasteiger partial charge in [-0.25, -0.2) is 4.68 Å². The fraction of sp³-hybridized carbons (Fsp3) is 0.375. The summed E-state index contributed by atoms with van der Waals surface area (Å²) < 4.78 is 7.65. The van der Waals surface area contributed by atoms with E-state index in [9.17, 15) is 0 Å². The second-order valence-electron chi connectivity index (χ2n) is 6.13. The molecule has 1 aromatic heterocycles. The Bertz CT molecular complexity index is 683. The maximum Gasteiger partial charge on any atom is 0.228 e. The van der Waals surface area contributed by atoms with Crippen molar-refractivity contribution in [1.82, 2.24) is 9.78 Å². The lowest BCUT2D eigenvalue weighted by atomic mass is 9.87. The maximum absolute atomic E-state index is 5.99. The molecule has 21 heavy (non-hydrogen) atoms. The lowest BCUT2D eigenvalue weighted by Crippen LogP contribution is -2.12. The van der Waals surface area contributed by atoms with Crippen LogP contribution in [0.1, 0.15) is 37.6 Å². The van der Waals surface area contributed by atoms with Gasteiger partial charge in [0.15, 0.2) is 0 Å². The van der Waals surface area contributed by atoms with Crippen LogP contribution >= 0.6 is 12.2 Å². The molecule has 0 amide bonds. The SMILES string of the molecule is Cc1nn(C)c(Oc2cccc(C(C)(C)C)c2)c1C(N)=S. The Morgan fingerprint density at radius 3 is 2.57 bits per heavy atom. The summed E-state index contributed by atoms with van der Waals surface area (Å²) in [6.45, 7) is 8.37. The first kappa shape index (κ1) is 15.5. The molecule has 0 saturated carbocycles. The Labute approximate surface area is 130 Å². The van der Waals surface area contributed by atoms with Gasteiger partial charge in [-0.1, -0.05) is 45.1 Å². The number of hydrogen-bond acceptors (Lipinski definition) is 3. The van der Waals surface area contributed by atoms with Crippen LogP contribution in [-0.2, 0) is 12.5 Å². The first-order chi connectivity index (χ1) is 9.70. The molecule has 112 valence electrons. The second-order valence-corrected chi connectivity index (χ2v) is 6.57. The molecule has 1 heterocycles. The van der Waals surface area contributed by atoms with Crippen molar-refractivity contribution >= 4 is 17.2 Å². The zero-order valence-corrected chi connectivity index (χ0v) is 13.9. The van der Waals surface area contributed by atoms with Crippen LogP contribution in [0.5, 0.6) is 11.6 Å². The number of aryl methyl sites for hydroxylation is 2. The van der Waals surface area contributed by atoms with E-state index in [0.29, 0.717) is 16.4 Å². The molecule has 0 saturated heterocycles. The van der Waals surface area contributed by atoms with Crippen LogP contribution in [0, 0.1) is 6.92 Å². The third kappa shape index (κ3) is 3.24. The fourth-order valence-electron chi connectivity index (χ4n) is 2.18. The number of aromatic nitrogens is 2. The van der Waals surface area contributed by atoms with Crippen molar-refractivity contribution in [1.29, 1.82) is 0 Å². The van der Waals surface area contributed by atoms with E-state index in [-0.39, 0.29) is 5.41 Å². The molecule has 0 aliphatic carbocycles. The molecule has 4 nitrogen and oxygen atoms in total. The number of ether oxygens (including phenoxy) is 1. The predicted octanol–water partition coefficient (Wildman–Crippen LogP) is 3.45. The normalized spacial score (nSPS) is 11.5. The molecule has 1 aromatic carbocycles. The zero-order valence-electron chi connectivity index (χ0n) is 13.1. The molecule has 0 fully saturated rings. The summed E-state index contributed by atoms with van der Waals surface area (Å²) in [6.07, 6.45) is 0. The van der Waals surface area contributed by atoms with E-state index in [1.807, 2.05) is 32.2 Å². The quantitative estimate of drug-likeness (QED) is 0.882. The van der Waals surface area contributed by atoms with Gasteiger partial charge in [0.05, 0.1) is 11.3 Å². The highest BCUT2D eigenvalue weighted by Gasteiger charge is 2.19. The van der Waals surface area contributed by atoms with Crippen LogP contribution in [-0.4, -0.2) is 14.8 Å². The summed E-state index contributed by atoms with van der Waals surface area (Å²) in [5.41, 5.74) is 8.51. The minimum absolute atomic E-state index is 0.0632. The topological polar surface area (TPSA) is 53.1 Å². The monoisotopic (exact) mass is 303 g/mol. The van der Waals surface area contributed by atoms with Crippen molar-refractivity contribution in [3.05, 3.63) is 41.1 Å². The van der Waals surface area contributed by atoms with Crippen LogP contribution in [0.2, 0.25) is 0 Å². The number of nitrogens with two attached hydrogens (primary N) is 1. The summed E-state index contributed by atoms with van der Waals surface area (Å²) in [6, 6.07) is 8.03. The predicted molar refractivity (Wildman–Crippen MR) is 89.0 cm³/mol. The largest absolute Gasteiger partial charge is 0.439 e. The van der Waals surface area contributed by atoms with Gasteiger partial charge in [0, 0.05) is 7.05 Å². The van der Waals surface area contributed by atoms with E-state index >= 15 is 0 Å². The Morgan fingerprint density at radius 1 is 1.33 bits per heavy atom. The molecule has 2 rings (SSSR count). The Morgan fingerprint density at radius 2 is 2.00 bits per heavy atom. The third-order valence-electron chi connectivity index (χ3n) is 3.33. The Hall–Kier alpha value is -1.88. The summed E-state index contributed by atoms with van der Waals surface area (Å²) in [7, 11) is 1.82. The van der Waals surface area contributed by atoms with E-state index in [2.05, 4.69) is 31.9 Å². The van der Waals surface area contributed by atoms with E-state index in [0.717, 1.165) is 11.4 Å². The molecule has 0 aliphatic rings. The highest BCUT2D eigenvalue weighted by atomic mass is 32.1. The van der Waals surface area contributed by atoms with Crippen molar-refractivity contribution in [3.63, 3.8) is 0 Å². The van der Waals surface area contributed by atoms with Crippen molar-refractivity contribution in [2.45, 2.75) is 33.1 Å². The van der Waals surface area contributed by atoms with Gasteiger partial charge < -0.3 is 10.5 Å². The molecule has 2 N–H and O–H groups in total. The molecule has 0 spiro atoms. The Kier molecular flexibility index (Phi) is 4.05. The van der Waals surface area contributed by atoms with Gasteiger partial charge in [0.2, 0.25) is 5.88 Å². The number of thiocarbonyl (C=S) groups is 1. The van der Waals surface area contributed by atoms with Crippen LogP contribution in [0.25, 0.3) is 0 Å². The summed E-state index contributed by atoms with van der Waals surface area (Å²) in [5.74, 6) is 1.33. The van der Waals surface area contributed by atoms with Crippen molar-refractivity contribution in [2.75, 3.05) is 0 Å². The van der Waals surface area contributed by atoms with E-state index in [1.54, 1.807) is 4.68 Å². The van der Waals surface area contributed by atoms with Gasteiger partial charge >= 0.3 is 0 Å². The van der Waals surface area contributed by atoms with E-state index in [1.165, 1.54) is 5.56 Å². The van der Waals surface area contributed by atoms with Crippen molar-refractivity contribution in [2.24, 2.45) is 12.8 Å². The van der Waals surface area contributed by atoms with Crippen molar-refractivity contribution < 1.29 is 4.74 Å². The lowest BCUT2D eigenvalue weighted by molar-refractivity contribution is 0.428. The van der Waals surface area contributed by atoms with Crippen LogP contribution in [0.3, 0.4) is 0 Å². The molecule has 0 bridgehead atoms. The highest BCUT2D eigenvalue weighted by Crippen LogP contribution is 2.30. The molecule has 0 radical (unpaired) electrons. The van der Waals surface area contributed by atoms with Crippen LogP contribution in [0.4, 0.5) is 0 Å². The van der Waals surface area contributed by atoms with Crippen molar-refractivity contribution in [3.8, 4) is 11.6 Å². The molecule has 0 atom stereocenters. The second kappa shape index (κ2) is 5.48.